The largest absolute Gasteiger partial charge is 0.328 e. The molecule has 0 aliphatic rings. The van der Waals surface area contributed by atoms with Gasteiger partial charge in [0.1, 0.15) is 0 Å². The van der Waals surface area contributed by atoms with E-state index in [0.29, 0.717) is 0 Å². The third-order valence-electron chi connectivity index (χ3n) is 1.68. The average Bonchev–Trinajstić information content (AvgIpc) is 2.05. The lowest BCUT2D eigenvalue weighted by atomic mass is 10.1. The van der Waals surface area contributed by atoms with Gasteiger partial charge < -0.3 is 5.73 Å². The summed E-state index contributed by atoms with van der Waals surface area (Å²) in [5.41, 5.74) is 7.81. The number of benzene rings is 1. The first-order valence-electron chi connectivity index (χ1n) is 4.03. The summed E-state index contributed by atoms with van der Waals surface area (Å²) in [7, 11) is 0. The maximum Gasteiger partial charge on any atom is 0.0242 e. The highest BCUT2D eigenvalue weighted by molar-refractivity contribution is 5.34. The van der Waals surface area contributed by atoms with Crippen molar-refractivity contribution in [2.24, 2.45) is 5.73 Å². The molecular weight excluding hydrogens is 146 g/mol. The van der Waals surface area contributed by atoms with E-state index in [2.05, 4.69) is 5.92 Å². The van der Waals surface area contributed by atoms with Crippen molar-refractivity contribution in [3.63, 3.8) is 0 Å². The molecule has 0 unspecified atom stereocenters. The number of hydrogen-bond acceptors (Lipinski definition) is 1. The van der Waals surface area contributed by atoms with Crippen LogP contribution in [0.5, 0.6) is 0 Å². The lowest BCUT2D eigenvalue weighted by molar-refractivity contribution is 0.738. The maximum absolute atomic E-state index is 5.65. The summed E-state index contributed by atoms with van der Waals surface area (Å²) in [5.74, 6) is 2.58. The van der Waals surface area contributed by atoms with Crippen molar-refractivity contribution in [1.29, 1.82) is 0 Å². The van der Waals surface area contributed by atoms with Gasteiger partial charge in [-0.15, -0.1) is 6.42 Å². The van der Waals surface area contributed by atoms with E-state index in [9.17, 15) is 0 Å². The lowest BCUT2D eigenvalue weighted by Gasteiger charge is -2.04. The molecule has 0 heterocycles. The Balaban J connectivity index is 2.73. The zero-order valence-electron chi connectivity index (χ0n) is 7.25. The monoisotopic (exact) mass is 159 g/mol. The average molecular weight is 159 g/mol. The third kappa shape index (κ3) is 2.41. The molecule has 0 saturated carbocycles. The van der Waals surface area contributed by atoms with Gasteiger partial charge in [-0.3, -0.25) is 0 Å². The van der Waals surface area contributed by atoms with Crippen LogP contribution in [-0.2, 0) is 6.42 Å². The fourth-order valence-corrected chi connectivity index (χ4v) is 1.11. The van der Waals surface area contributed by atoms with Crippen LogP contribution in [0.3, 0.4) is 0 Å². The fraction of sp³-hybridized carbons (Fsp3) is 0.273. The molecule has 1 aromatic carbocycles. The Morgan fingerprint density at radius 1 is 1.42 bits per heavy atom. The van der Waals surface area contributed by atoms with E-state index in [1.807, 2.05) is 31.2 Å². The lowest BCUT2D eigenvalue weighted by Crippen LogP contribution is -2.17. The van der Waals surface area contributed by atoms with Crippen LogP contribution in [0.4, 0.5) is 0 Å². The summed E-state index contributed by atoms with van der Waals surface area (Å²) in [6.07, 6.45) is 6.13. The molecule has 0 aromatic heterocycles. The first kappa shape index (κ1) is 8.83. The minimum absolute atomic E-state index is 0.210. The van der Waals surface area contributed by atoms with E-state index in [4.69, 9.17) is 12.2 Å². The van der Waals surface area contributed by atoms with Crippen LogP contribution in [0.2, 0.25) is 0 Å². The summed E-state index contributed by atoms with van der Waals surface area (Å²) >= 11 is 0. The van der Waals surface area contributed by atoms with Gasteiger partial charge in [-0.1, -0.05) is 18.1 Å². The van der Waals surface area contributed by atoms with Crippen LogP contribution in [0, 0.1) is 12.3 Å². The van der Waals surface area contributed by atoms with Gasteiger partial charge in [0, 0.05) is 11.6 Å². The quantitative estimate of drug-likeness (QED) is 0.651. The molecule has 1 aromatic rings. The number of hydrogen-bond donors (Lipinski definition) is 1. The van der Waals surface area contributed by atoms with Gasteiger partial charge >= 0.3 is 0 Å². The van der Waals surface area contributed by atoms with Gasteiger partial charge in [0.05, 0.1) is 0 Å². The Bertz CT molecular complexity index is 277. The first-order chi connectivity index (χ1) is 5.72. The number of rotatable bonds is 2. The number of nitrogens with two attached hydrogens (primary N) is 1. The van der Waals surface area contributed by atoms with Crippen LogP contribution in [0.15, 0.2) is 24.3 Å². The van der Waals surface area contributed by atoms with E-state index >= 15 is 0 Å². The fourth-order valence-electron chi connectivity index (χ4n) is 1.11. The molecule has 62 valence electrons. The molecule has 0 aliphatic heterocycles. The highest BCUT2D eigenvalue weighted by Gasteiger charge is 1.96. The summed E-state index contributed by atoms with van der Waals surface area (Å²) < 4.78 is 0. The van der Waals surface area contributed by atoms with Gasteiger partial charge in [-0.05, 0) is 31.0 Å². The van der Waals surface area contributed by atoms with E-state index in [1.54, 1.807) is 0 Å². The van der Waals surface area contributed by atoms with Gasteiger partial charge in [0.2, 0.25) is 0 Å². The highest BCUT2D eigenvalue weighted by Crippen LogP contribution is 2.04. The molecule has 1 rings (SSSR count). The van der Waals surface area contributed by atoms with Gasteiger partial charge in [-0.2, -0.15) is 0 Å². The van der Waals surface area contributed by atoms with Crippen molar-refractivity contribution in [3.8, 4) is 12.3 Å². The smallest absolute Gasteiger partial charge is 0.0242 e. The van der Waals surface area contributed by atoms with Gasteiger partial charge in [-0.25, -0.2) is 0 Å². The minimum Gasteiger partial charge on any atom is -0.328 e. The Kier molecular flexibility index (Phi) is 2.90. The summed E-state index contributed by atoms with van der Waals surface area (Å²) in [5, 5.41) is 0. The van der Waals surface area contributed by atoms with Crippen molar-refractivity contribution >= 4 is 0 Å². The molecular formula is C11H13N. The Hall–Kier alpha value is -1.26. The topological polar surface area (TPSA) is 26.0 Å². The molecule has 0 aliphatic carbocycles. The van der Waals surface area contributed by atoms with E-state index < -0.39 is 0 Å². The number of terminal acetylenes is 1. The van der Waals surface area contributed by atoms with Crippen molar-refractivity contribution in [3.05, 3.63) is 35.4 Å². The summed E-state index contributed by atoms with van der Waals surface area (Å²) in [6.45, 7) is 2.00. The van der Waals surface area contributed by atoms with Gasteiger partial charge in [0.25, 0.3) is 0 Å². The van der Waals surface area contributed by atoms with Crippen LogP contribution < -0.4 is 5.73 Å². The zero-order valence-corrected chi connectivity index (χ0v) is 7.25. The van der Waals surface area contributed by atoms with Crippen LogP contribution in [0.25, 0.3) is 0 Å². The Morgan fingerprint density at radius 2 is 2.00 bits per heavy atom. The SMILES string of the molecule is C#Cc1ccc(C[C@H](C)N)cc1. The van der Waals surface area contributed by atoms with E-state index in [-0.39, 0.29) is 6.04 Å². The maximum atomic E-state index is 5.65. The van der Waals surface area contributed by atoms with Crippen molar-refractivity contribution in [1.82, 2.24) is 0 Å². The molecule has 0 spiro atoms. The molecule has 12 heavy (non-hydrogen) atoms. The predicted octanol–water partition coefficient (Wildman–Crippen LogP) is 1.56. The van der Waals surface area contributed by atoms with Crippen molar-refractivity contribution in [2.75, 3.05) is 0 Å². The molecule has 2 N–H and O–H groups in total. The summed E-state index contributed by atoms with van der Waals surface area (Å²) in [4.78, 5) is 0. The molecule has 1 atom stereocenters. The van der Waals surface area contributed by atoms with Crippen molar-refractivity contribution < 1.29 is 0 Å². The minimum atomic E-state index is 0.210. The standard InChI is InChI=1S/C11H13N/c1-3-10-4-6-11(7-5-10)8-9(2)12/h1,4-7,9H,8,12H2,2H3/t9-/m0/s1. The second-order valence-corrected chi connectivity index (χ2v) is 3.02. The van der Waals surface area contributed by atoms with E-state index in [1.165, 1.54) is 5.56 Å². The highest BCUT2D eigenvalue weighted by atomic mass is 14.6. The second-order valence-electron chi connectivity index (χ2n) is 3.02. The summed E-state index contributed by atoms with van der Waals surface area (Å²) in [6, 6.07) is 8.15. The predicted molar refractivity (Wildman–Crippen MR) is 51.7 cm³/mol. The second kappa shape index (κ2) is 3.94. The molecule has 1 nitrogen and oxygen atoms in total. The van der Waals surface area contributed by atoms with Crippen LogP contribution >= 0.6 is 0 Å². The molecule has 0 saturated heterocycles. The normalized spacial score (nSPS) is 12.1. The molecule has 0 amide bonds. The van der Waals surface area contributed by atoms with Crippen LogP contribution in [-0.4, -0.2) is 6.04 Å². The molecule has 0 bridgehead atoms. The first-order valence-corrected chi connectivity index (χ1v) is 4.03. The Morgan fingerprint density at radius 3 is 2.42 bits per heavy atom. The molecule has 0 radical (unpaired) electrons. The molecule has 0 fully saturated rings. The molecule has 1 heteroatoms. The van der Waals surface area contributed by atoms with Gasteiger partial charge in [0.15, 0.2) is 0 Å². The van der Waals surface area contributed by atoms with Crippen LogP contribution in [0.1, 0.15) is 18.1 Å². The third-order valence-corrected chi connectivity index (χ3v) is 1.68. The Labute approximate surface area is 73.6 Å². The zero-order chi connectivity index (χ0) is 8.97. The van der Waals surface area contributed by atoms with E-state index in [0.717, 1.165) is 12.0 Å². The van der Waals surface area contributed by atoms with Crippen molar-refractivity contribution in [2.45, 2.75) is 19.4 Å².